The molecule has 0 atom stereocenters. The molecule has 0 aromatic heterocycles. The predicted molar refractivity (Wildman–Crippen MR) is 91.2 cm³/mol. The van der Waals surface area contributed by atoms with Crippen LogP contribution in [0.15, 0.2) is 53.4 Å². The van der Waals surface area contributed by atoms with Crippen molar-refractivity contribution in [2.24, 2.45) is 0 Å². The minimum absolute atomic E-state index is 0.167. The van der Waals surface area contributed by atoms with Crippen LogP contribution in [0, 0.1) is 0 Å². The number of nitrogens with zero attached hydrogens (tertiary/aromatic N) is 1. The Morgan fingerprint density at radius 2 is 1.70 bits per heavy atom. The van der Waals surface area contributed by atoms with Gasteiger partial charge in [-0.15, -0.1) is 0 Å². The maximum atomic E-state index is 12.1. The molecule has 1 fully saturated rings. The Bertz CT molecular complexity index is 826. The average Bonchev–Trinajstić information content (AvgIpc) is 2.55. The zero-order chi connectivity index (χ0) is 16.4. The van der Waals surface area contributed by atoms with Gasteiger partial charge in [0.1, 0.15) is 0 Å². The third-order valence-corrected chi connectivity index (χ3v) is 5.23. The van der Waals surface area contributed by atoms with Crippen LogP contribution >= 0.6 is 0 Å². The first-order valence-corrected chi connectivity index (χ1v) is 9.55. The summed E-state index contributed by atoms with van der Waals surface area (Å²) in [5, 5.41) is 0. The van der Waals surface area contributed by atoms with Crippen LogP contribution in [0.3, 0.4) is 0 Å². The van der Waals surface area contributed by atoms with Crippen LogP contribution in [-0.2, 0) is 14.6 Å². The first kappa shape index (κ1) is 15.7. The number of anilines is 1. The second kappa shape index (κ2) is 6.16. The van der Waals surface area contributed by atoms with E-state index in [0.717, 1.165) is 36.2 Å². The lowest BCUT2D eigenvalue weighted by atomic mass is 10.0. The van der Waals surface area contributed by atoms with E-state index < -0.39 is 9.84 Å². The molecule has 1 amide bonds. The lowest BCUT2D eigenvalue weighted by Crippen LogP contribution is -2.35. The Hall–Kier alpha value is -2.14. The standard InChI is InChI=1S/C18H19NO3S/c1-23(21,22)17-10-8-14(9-11-17)15-5-4-6-16(13-15)19-12-3-2-7-18(19)20/h4-6,8-11,13H,2-3,7,12H2,1H3. The van der Waals surface area contributed by atoms with E-state index in [1.54, 1.807) is 24.3 Å². The van der Waals surface area contributed by atoms with Crippen LogP contribution in [-0.4, -0.2) is 27.1 Å². The van der Waals surface area contributed by atoms with E-state index >= 15 is 0 Å². The third-order valence-electron chi connectivity index (χ3n) is 4.10. The highest BCUT2D eigenvalue weighted by molar-refractivity contribution is 7.90. The molecule has 1 heterocycles. The van der Waals surface area contributed by atoms with Crippen molar-refractivity contribution < 1.29 is 13.2 Å². The zero-order valence-electron chi connectivity index (χ0n) is 13.0. The molecule has 0 N–H and O–H groups in total. The molecular formula is C18H19NO3S. The number of carbonyl (C=O) groups is 1. The fourth-order valence-electron chi connectivity index (χ4n) is 2.83. The zero-order valence-corrected chi connectivity index (χ0v) is 13.8. The first-order chi connectivity index (χ1) is 10.9. The van der Waals surface area contributed by atoms with Crippen molar-refractivity contribution in [3.63, 3.8) is 0 Å². The predicted octanol–water partition coefficient (Wildman–Crippen LogP) is 3.27. The van der Waals surface area contributed by atoms with E-state index in [2.05, 4.69) is 0 Å². The Balaban J connectivity index is 1.92. The summed E-state index contributed by atoms with van der Waals surface area (Å²) in [5.74, 6) is 0.167. The molecule has 4 nitrogen and oxygen atoms in total. The molecule has 2 aromatic rings. The van der Waals surface area contributed by atoms with Gasteiger partial charge in [-0.2, -0.15) is 0 Å². The quantitative estimate of drug-likeness (QED) is 0.868. The number of rotatable bonds is 3. The molecule has 1 saturated heterocycles. The highest BCUT2D eigenvalue weighted by Gasteiger charge is 2.19. The Labute approximate surface area is 136 Å². The van der Waals surface area contributed by atoms with Gasteiger partial charge in [-0.25, -0.2) is 8.42 Å². The molecule has 120 valence electrons. The van der Waals surface area contributed by atoms with E-state index in [4.69, 9.17) is 0 Å². The Morgan fingerprint density at radius 1 is 0.957 bits per heavy atom. The number of hydrogen-bond donors (Lipinski definition) is 0. The number of benzene rings is 2. The van der Waals surface area contributed by atoms with Crippen LogP contribution < -0.4 is 4.90 Å². The van der Waals surface area contributed by atoms with E-state index in [0.29, 0.717) is 11.3 Å². The van der Waals surface area contributed by atoms with E-state index in [-0.39, 0.29) is 5.91 Å². The largest absolute Gasteiger partial charge is 0.312 e. The van der Waals surface area contributed by atoms with Gasteiger partial charge in [0.25, 0.3) is 0 Å². The van der Waals surface area contributed by atoms with E-state index in [1.807, 2.05) is 29.2 Å². The molecule has 23 heavy (non-hydrogen) atoms. The van der Waals surface area contributed by atoms with Crippen molar-refractivity contribution in [1.29, 1.82) is 0 Å². The van der Waals surface area contributed by atoms with Gasteiger partial charge in [-0.3, -0.25) is 4.79 Å². The van der Waals surface area contributed by atoms with Gasteiger partial charge in [-0.1, -0.05) is 24.3 Å². The smallest absolute Gasteiger partial charge is 0.226 e. The van der Waals surface area contributed by atoms with Gasteiger partial charge in [0.2, 0.25) is 5.91 Å². The van der Waals surface area contributed by atoms with E-state index in [1.165, 1.54) is 6.26 Å². The van der Waals surface area contributed by atoms with Crippen molar-refractivity contribution in [3.05, 3.63) is 48.5 Å². The Kier molecular flexibility index (Phi) is 4.22. The summed E-state index contributed by atoms with van der Waals surface area (Å²) in [6.45, 7) is 0.759. The van der Waals surface area contributed by atoms with Crippen LogP contribution in [0.25, 0.3) is 11.1 Å². The topological polar surface area (TPSA) is 54.5 Å². The first-order valence-electron chi connectivity index (χ1n) is 7.66. The highest BCUT2D eigenvalue weighted by atomic mass is 32.2. The number of carbonyl (C=O) groups excluding carboxylic acids is 1. The molecule has 0 radical (unpaired) electrons. The summed E-state index contributed by atoms with van der Waals surface area (Å²) in [4.78, 5) is 14.2. The van der Waals surface area contributed by atoms with Crippen LogP contribution in [0.1, 0.15) is 19.3 Å². The second-order valence-corrected chi connectivity index (χ2v) is 7.87. The van der Waals surface area contributed by atoms with Gasteiger partial charge < -0.3 is 4.90 Å². The number of piperidine rings is 1. The monoisotopic (exact) mass is 329 g/mol. The van der Waals surface area contributed by atoms with Crippen LogP contribution in [0.2, 0.25) is 0 Å². The summed E-state index contributed by atoms with van der Waals surface area (Å²) in [7, 11) is -3.19. The SMILES string of the molecule is CS(=O)(=O)c1ccc(-c2cccc(N3CCCCC3=O)c2)cc1. The molecular weight excluding hydrogens is 310 g/mol. The molecule has 0 saturated carbocycles. The summed E-state index contributed by atoms with van der Waals surface area (Å²) >= 11 is 0. The molecule has 5 heteroatoms. The maximum absolute atomic E-state index is 12.1. The molecule has 2 aromatic carbocycles. The summed E-state index contributed by atoms with van der Waals surface area (Å²) in [6.07, 6.45) is 3.79. The van der Waals surface area contributed by atoms with Crippen molar-refractivity contribution in [2.45, 2.75) is 24.2 Å². The molecule has 0 spiro atoms. The van der Waals surface area contributed by atoms with Gasteiger partial charge in [0.05, 0.1) is 4.90 Å². The third kappa shape index (κ3) is 3.45. The maximum Gasteiger partial charge on any atom is 0.226 e. The normalized spacial score (nSPS) is 15.7. The van der Waals surface area contributed by atoms with Crippen LogP contribution in [0.5, 0.6) is 0 Å². The minimum Gasteiger partial charge on any atom is -0.312 e. The number of hydrogen-bond acceptors (Lipinski definition) is 3. The fourth-order valence-corrected chi connectivity index (χ4v) is 3.46. The number of amides is 1. The molecule has 1 aliphatic rings. The van der Waals surface area contributed by atoms with Crippen molar-refractivity contribution in [3.8, 4) is 11.1 Å². The van der Waals surface area contributed by atoms with Crippen molar-refractivity contribution >= 4 is 21.4 Å². The number of sulfone groups is 1. The molecule has 0 unspecified atom stereocenters. The molecule has 0 aliphatic carbocycles. The minimum atomic E-state index is -3.19. The highest BCUT2D eigenvalue weighted by Crippen LogP contribution is 2.27. The van der Waals surface area contributed by atoms with Crippen molar-refractivity contribution in [1.82, 2.24) is 0 Å². The second-order valence-electron chi connectivity index (χ2n) is 5.85. The summed E-state index contributed by atoms with van der Waals surface area (Å²) < 4.78 is 23.1. The average molecular weight is 329 g/mol. The lowest BCUT2D eigenvalue weighted by molar-refractivity contribution is -0.119. The van der Waals surface area contributed by atoms with Gasteiger partial charge in [0, 0.05) is 24.9 Å². The molecule has 1 aliphatic heterocycles. The van der Waals surface area contributed by atoms with Crippen LogP contribution in [0.4, 0.5) is 5.69 Å². The van der Waals surface area contributed by atoms with Crippen molar-refractivity contribution in [2.75, 3.05) is 17.7 Å². The lowest BCUT2D eigenvalue weighted by Gasteiger charge is -2.27. The van der Waals surface area contributed by atoms with E-state index in [9.17, 15) is 13.2 Å². The van der Waals surface area contributed by atoms with Gasteiger partial charge >= 0.3 is 0 Å². The fraction of sp³-hybridized carbons (Fsp3) is 0.278. The molecule has 0 bridgehead atoms. The van der Waals surface area contributed by atoms with Gasteiger partial charge in [0.15, 0.2) is 9.84 Å². The van der Waals surface area contributed by atoms with Gasteiger partial charge in [-0.05, 0) is 48.2 Å². The Morgan fingerprint density at radius 3 is 2.35 bits per heavy atom. The summed E-state index contributed by atoms with van der Waals surface area (Å²) in [5.41, 5.74) is 2.81. The molecule has 3 rings (SSSR count). The summed E-state index contributed by atoms with van der Waals surface area (Å²) in [6, 6.07) is 14.6.